The Bertz CT molecular complexity index is 150. The van der Waals surface area contributed by atoms with Gasteiger partial charge >= 0.3 is 0 Å². The summed E-state index contributed by atoms with van der Waals surface area (Å²) in [5.41, 5.74) is 0. The number of alkyl halides is 1. The molecular formula is C10H20BrNO. The summed E-state index contributed by atoms with van der Waals surface area (Å²) in [7, 11) is 0. The van der Waals surface area contributed by atoms with Crippen molar-refractivity contribution in [2.24, 2.45) is 5.92 Å². The normalized spacial score (nSPS) is 12.6. The lowest BCUT2D eigenvalue weighted by Gasteiger charge is -2.23. The molecule has 0 aromatic rings. The maximum atomic E-state index is 11.5. The van der Waals surface area contributed by atoms with Gasteiger partial charge in [0.15, 0.2) is 0 Å². The Morgan fingerprint density at radius 2 is 2.08 bits per heavy atom. The lowest BCUT2D eigenvalue weighted by molar-refractivity contribution is -0.131. The van der Waals surface area contributed by atoms with Crippen LogP contribution >= 0.6 is 15.9 Å². The summed E-state index contributed by atoms with van der Waals surface area (Å²) in [5.74, 6) is 0.874. The molecule has 1 amide bonds. The molecule has 0 aliphatic rings. The van der Waals surface area contributed by atoms with Crippen molar-refractivity contribution in [2.45, 2.75) is 33.6 Å². The third-order valence-electron chi connectivity index (χ3n) is 2.27. The van der Waals surface area contributed by atoms with Gasteiger partial charge in [0.05, 0.1) is 0 Å². The van der Waals surface area contributed by atoms with Gasteiger partial charge in [0.25, 0.3) is 0 Å². The van der Waals surface area contributed by atoms with Crippen LogP contribution < -0.4 is 0 Å². The van der Waals surface area contributed by atoms with Gasteiger partial charge in [-0.1, -0.05) is 36.2 Å². The fourth-order valence-corrected chi connectivity index (χ4v) is 1.49. The fraction of sp³-hybridized carbons (Fsp3) is 0.900. The number of carbonyl (C=O) groups is 1. The van der Waals surface area contributed by atoms with E-state index in [0.717, 1.165) is 24.8 Å². The zero-order valence-corrected chi connectivity index (χ0v) is 10.4. The van der Waals surface area contributed by atoms with Crippen molar-refractivity contribution in [3.05, 3.63) is 0 Å². The molecule has 0 rings (SSSR count). The van der Waals surface area contributed by atoms with Crippen molar-refractivity contribution in [1.82, 2.24) is 4.90 Å². The van der Waals surface area contributed by atoms with E-state index in [-0.39, 0.29) is 5.91 Å². The highest BCUT2D eigenvalue weighted by Crippen LogP contribution is 2.06. The van der Waals surface area contributed by atoms with E-state index in [4.69, 9.17) is 0 Å². The Hall–Kier alpha value is -0.0500. The molecule has 0 spiro atoms. The van der Waals surface area contributed by atoms with E-state index in [9.17, 15) is 4.79 Å². The molecule has 0 heterocycles. The second kappa shape index (κ2) is 7.36. The van der Waals surface area contributed by atoms with Crippen LogP contribution in [0.4, 0.5) is 0 Å². The molecule has 0 radical (unpaired) electrons. The number of carbonyl (C=O) groups excluding carboxylic acids is 1. The molecule has 0 aliphatic heterocycles. The second-order valence-corrected chi connectivity index (χ2v) is 4.18. The Balaban J connectivity index is 3.94. The maximum absolute atomic E-state index is 11.5. The number of halogens is 1. The third kappa shape index (κ3) is 5.29. The van der Waals surface area contributed by atoms with Crippen LogP contribution in [0.25, 0.3) is 0 Å². The van der Waals surface area contributed by atoms with Gasteiger partial charge in [-0.2, -0.15) is 0 Å². The molecule has 1 atom stereocenters. The van der Waals surface area contributed by atoms with Gasteiger partial charge in [0.2, 0.25) is 5.91 Å². The second-order valence-electron chi connectivity index (χ2n) is 3.38. The summed E-state index contributed by atoms with van der Waals surface area (Å²) >= 11 is 3.28. The smallest absolute Gasteiger partial charge is 0.223 e. The van der Waals surface area contributed by atoms with Crippen LogP contribution in [0.3, 0.4) is 0 Å². The van der Waals surface area contributed by atoms with E-state index >= 15 is 0 Å². The minimum atomic E-state index is 0.264. The maximum Gasteiger partial charge on any atom is 0.223 e. The molecule has 0 saturated carbocycles. The minimum Gasteiger partial charge on any atom is -0.343 e. The third-order valence-corrected chi connectivity index (χ3v) is 2.67. The van der Waals surface area contributed by atoms with E-state index in [1.807, 2.05) is 11.8 Å². The first-order valence-corrected chi connectivity index (χ1v) is 6.11. The van der Waals surface area contributed by atoms with Crippen LogP contribution in [0, 0.1) is 5.92 Å². The SMILES string of the molecule is CCC(C)CN(CC)C(=O)CCBr. The van der Waals surface area contributed by atoms with Gasteiger partial charge in [0, 0.05) is 24.8 Å². The zero-order valence-electron chi connectivity index (χ0n) is 8.85. The van der Waals surface area contributed by atoms with Crippen LogP contribution in [0.2, 0.25) is 0 Å². The molecule has 13 heavy (non-hydrogen) atoms. The van der Waals surface area contributed by atoms with Gasteiger partial charge in [-0.05, 0) is 12.8 Å². The summed E-state index contributed by atoms with van der Waals surface area (Å²) < 4.78 is 0. The molecule has 0 fully saturated rings. The number of hydrogen-bond acceptors (Lipinski definition) is 1. The Labute approximate surface area is 89.8 Å². The Morgan fingerprint density at radius 1 is 1.46 bits per heavy atom. The molecule has 0 bridgehead atoms. The Morgan fingerprint density at radius 3 is 2.46 bits per heavy atom. The molecule has 0 saturated heterocycles. The average Bonchev–Trinajstić information content (AvgIpc) is 2.14. The highest BCUT2D eigenvalue weighted by Gasteiger charge is 2.12. The largest absolute Gasteiger partial charge is 0.343 e. The highest BCUT2D eigenvalue weighted by molar-refractivity contribution is 9.09. The first-order valence-electron chi connectivity index (χ1n) is 4.99. The van der Waals surface area contributed by atoms with E-state index in [1.54, 1.807) is 0 Å². The summed E-state index contributed by atoms with van der Waals surface area (Å²) in [6, 6.07) is 0. The lowest BCUT2D eigenvalue weighted by atomic mass is 10.1. The van der Waals surface area contributed by atoms with E-state index in [2.05, 4.69) is 29.8 Å². The van der Waals surface area contributed by atoms with Gasteiger partial charge < -0.3 is 4.90 Å². The molecule has 0 N–H and O–H groups in total. The number of hydrogen-bond donors (Lipinski definition) is 0. The van der Waals surface area contributed by atoms with Gasteiger partial charge in [-0.15, -0.1) is 0 Å². The molecule has 1 unspecified atom stereocenters. The number of rotatable bonds is 6. The Kier molecular flexibility index (Phi) is 7.33. The molecule has 0 aromatic carbocycles. The summed E-state index contributed by atoms with van der Waals surface area (Å²) in [5, 5.41) is 0.767. The summed E-state index contributed by atoms with van der Waals surface area (Å²) in [4.78, 5) is 13.5. The van der Waals surface area contributed by atoms with Crippen LogP contribution in [-0.2, 0) is 4.79 Å². The van der Waals surface area contributed by atoms with E-state index in [0.29, 0.717) is 12.3 Å². The van der Waals surface area contributed by atoms with E-state index < -0.39 is 0 Å². The van der Waals surface area contributed by atoms with Crippen LogP contribution in [0.5, 0.6) is 0 Å². The topological polar surface area (TPSA) is 20.3 Å². The molecule has 3 heteroatoms. The zero-order chi connectivity index (χ0) is 10.3. The predicted molar refractivity (Wildman–Crippen MR) is 60.1 cm³/mol. The lowest BCUT2D eigenvalue weighted by Crippen LogP contribution is -2.34. The highest BCUT2D eigenvalue weighted by atomic mass is 79.9. The molecule has 2 nitrogen and oxygen atoms in total. The summed E-state index contributed by atoms with van der Waals surface area (Å²) in [6.45, 7) is 8.11. The molecule has 0 aromatic heterocycles. The first kappa shape index (κ1) is 12.9. The fourth-order valence-electron chi connectivity index (χ4n) is 1.15. The van der Waals surface area contributed by atoms with Crippen molar-refractivity contribution in [2.75, 3.05) is 18.4 Å². The van der Waals surface area contributed by atoms with Crippen LogP contribution in [-0.4, -0.2) is 29.2 Å². The van der Waals surface area contributed by atoms with E-state index in [1.165, 1.54) is 0 Å². The quantitative estimate of drug-likeness (QED) is 0.664. The molecule has 78 valence electrons. The van der Waals surface area contributed by atoms with Crippen LogP contribution in [0.15, 0.2) is 0 Å². The predicted octanol–water partition coefficient (Wildman–Crippen LogP) is 2.67. The number of nitrogens with zero attached hydrogens (tertiary/aromatic N) is 1. The minimum absolute atomic E-state index is 0.264. The number of amides is 1. The van der Waals surface area contributed by atoms with Crippen molar-refractivity contribution < 1.29 is 4.79 Å². The van der Waals surface area contributed by atoms with Gasteiger partial charge in [-0.25, -0.2) is 0 Å². The van der Waals surface area contributed by atoms with Crippen molar-refractivity contribution in [1.29, 1.82) is 0 Å². The van der Waals surface area contributed by atoms with Gasteiger partial charge in [0.1, 0.15) is 0 Å². The average molecular weight is 250 g/mol. The standard InChI is InChI=1S/C10H20BrNO/c1-4-9(3)8-12(5-2)10(13)6-7-11/h9H,4-8H2,1-3H3. The van der Waals surface area contributed by atoms with Gasteiger partial charge in [-0.3, -0.25) is 4.79 Å². The van der Waals surface area contributed by atoms with Crippen LogP contribution in [0.1, 0.15) is 33.6 Å². The van der Waals surface area contributed by atoms with Crippen molar-refractivity contribution >= 4 is 21.8 Å². The molecule has 0 aliphatic carbocycles. The monoisotopic (exact) mass is 249 g/mol. The molecular weight excluding hydrogens is 230 g/mol. The summed E-state index contributed by atoms with van der Waals surface area (Å²) in [6.07, 6.45) is 1.75. The van der Waals surface area contributed by atoms with Crippen molar-refractivity contribution in [3.63, 3.8) is 0 Å². The van der Waals surface area contributed by atoms with Crippen molar-refractivity contribution in [3.8, 4) is 0 Å². The first-order chi connectivity index (χ1) is 6.15.